The van der Waals surface area contributed by atoms with Crippen molar-refractivity contribution < 1.29 is 5.11 Å². The summed E-state index contributed by atoms with van der Waals surface area (Å²) in [5, 5.41) is 10.2. The Hall–Kier alpha value is -0.560. The second-order valence-electron chi connectivity index (χ2n) is 11.4. The predicted molar refractivity (Wildman–Crippen MR) is 114 cm³/mol. The number of rotatable bonds is 3. The van der Waals surface area contributed by atoms with Crippen molar-refractivity contribution >= 4 is 0 Å². The molecule has 0 bridgehead atoms. The highest BCUT2D eigenvalue weighted by Crippen LogP contribution is 2.67. The lowest BCUT2D eigenvalue weighted by Crippen LogP contribution is -2.50. The van der Waals surface area contributed by atoms with E-state index in [4.69, 9.17) is 0 Å². The fraction of sp³-hybridized carbons (Fsp3) is 0.846. The minimum atomic E-state index is -0.0819. The van der Waals surface area contributed by atoms with Crippen LogP contribution in [0, 0.1) is 40.4 Å². The van der Waals surface area contributed by atoms with Gasteiger partial charge in [0.2, 0.25) is 0 Å². The van der Waals surface area contributed by atoms with E-state index in [1.165, 1.54) is 50.5 Å². The van der Waals surface area contributed by atoms with Gasteiger partial charge in [-0.2, -0.15) is 0 Å². The SMILES string of the molecule is CC(C)=CC[C@@H](C)[C@H]1CC[C@H]2[C@@H]3CC=C4C[C@@H](O)CC[C@]4(C)[C@H]3CC[C@]12C. The zero-order valence-electron chi connectivity index (χ0n) is 18.4. The van der Waals surface area contributed by atoms with Crippen LogP contribution in [0.25, 0.3) is 0 Å². The summed E-state index contributed by atoms with van der Waals surface area (Å²) in [6.07, 6.45) is 16.5. The molecule has 0 aromatic heterocycles. The molecule has 8 atom stereocenters. The van der Waals surface area contributed by atoms with Crippen molar-refractivity contribution in [3.8, 4) is 0 Å². The maximum absolute atomic E-state index is 10.2. The maximum Gasteiger partial charge on any atom is 0.0577 e. The van der Waals surface area contributed by atoms with E-state index >= 15 is 0 Å². The molecule has 0 aromatic rings. The molecule has 0 spiro atoms. The van der Waals surface area contributed by atoms with Gasteiger partial charge in [0.1, 0.15) is 0 Å². The highest BCUT2D eigenvalue weighted by molar-refractivity contribution is 5.25. The molecule has 4 aliphatic carbocycles. The number of hydrogen-bond donors (Lipinski definition) is 1. The van der Waals surface area contributed by atoms with Crippen molar-refractivity contribution in [1.29, 1.82) is 0 Å². The van der Waals surface area contributed by atoms with Gasteiger partial charge in [-0.05, 0) is 112 Å². The molecule has 3 saturated carbocycles. The highest BCUT2D eigenvalue weighted by atomic mass is 16.3. The molecule has 1 nitrogen and oxygen atoms in total. The van der Waals surface area contributed by atoms with E-state index in [1.807, 2.05) is 0 Å². The minimum absolute atomic E-state index is 0.0819. The summed E-state index contributed by atoms with van der Waals surface area (Å²) in [5.74, 6) is 4.42. The Labute approximate surface area is 167 Å². The quantitative estimate of drug-likeness (QED) is 0.535. The average Bonchev–Trinajstić information content (AvgIpc) is 2.97. The molecule has 0 saturated heterocycles. The lowest BCUT2D eigenvalue weighted by atomic mass is 9.47. The lowest BCUT2D eigenvalue weighted by Gasteiger charge is -2.58. The Balaban J connectivity index is 1.56. The number of aliphatic hydroxyl groups is 1. The van der Waals surface area contributed by atoms with E-state index in [9.17, 15) is 5.11 Å². The first-order valence-corrected chi connectivity index (χ1v) is 11.8. The van der Waals surface area contributed by atoms with Crippen molar-refractivity contribution in [3.05, 3.63) is 23.3 Å². The molecule has 0 aromatic carbocycles. The molecule has 0 heterocycles. The van der Waals surface area contributed by atoms with Crippen LogP contribution in [0.15, 0.2) is 23.3 Å². The summed E-state index contributed by atoms with van der Waals surface area (Å²) in [7, 11) is 0. The van der Waals surface area contributed by atoms with Crippen molar-refractivity contribution in [3.63, 3.8) is 0 Å². The topological polar surface area (TPSA) is 20.2 Å². The highest BCUT2D eigenvalue weighted by Gasteiger charge is 2.58. The van der Waals surface area contributed by atoms with Crippen LogP contribution in [0.5, 0.6) is 0 Å². The first kappa shape index (κ1) is 19.7. The van der Waals surface area contributed by atoms with E-state index in [0.29, 0.717) is 10.8 Å². The van der Waals surface area contributed by atoms with Gasteiger partial charge in [-0.25, -0.2) is 0 Å². The van der Waals surface area contributed by atoms with Gasteiger partial charge in [-0.15, -0.1) is 0 Å². The summed E-state index contributed by atoms with van der Waals surface area (Å²) in [6.45, 7) is 12.2. The van der Waals surface area contributed by atoms with Crippen molar-refractivity contribution in [2.24, 2.45) is 40.4 Å². The normalized spacial score (nSPS) is 47.3. The molecule has 0 unspecified atom stereocenters. The molecular formula is C26H42O. The number of aliphatic hydroxyl groups excluding tert-OH is 1. The molecule has 4 aliphatic rings. The van der Waals surface area contributed by atoms with Gasteiger partial charge >= 0.3 is 0 Å². The zero-order valence-corrected chi connectivity index (χ0v) is 18.4. The summed E-state index contributed by atoms with van der Waals surface area (Å²) in [6, 6.07) is 0. The Kier molecular flexibility index (Phi) is 5.15. The first-order chi connectivity index (χ1) is 12.8. The van der Waals surface area contributed by atoms with Crippen LogP contribution >= 0.6 is 0 Å². The summed E-state index contributed by atoms with van der Waals surface area (Å²) >= 11 is 0. The van der Waals surface area contributed by atoms with E-state index in [-0.39, 0.29) is 6.10 Å². The molecule has 0 amide bonds. The molecule has 27 heavy (non-hydrogen) atoms. The van der Waals surface area contributed by atoms with Crippen LogP contribution in [0.3, 0.4) is 0 Å². The molecule has 4 rings (SSSR count). The van der Waals surface area contributed by atoms with Gasteiger partial charge in [0.15, 0.2) is 0 Å². The Morgan fingerprint density at radius 2 is 1.93 bits per heavy atom. The Morgan fingerprint density at radius 1 is 1.15 bits per heavy atom. The molecular weight excluding hydrogens is 328 g/mol. The Morgan fingerprint density at radius 3 is 2.67 bits per heavy atom. The van der Waals surface area contributed by atoms with Crippen molar-refractivity contribution in [2.45, 2.75) is 98.5 Å². The largest absolute Gasteiger partial charge is 0.393 e. The van der Waals surface area contributed by atoms with Gasteiger partial charge in [0, 0.05) is 0 Å². The smallest absolute Gasteiger partial charge is 0.0577 e. The van der Waals surface area contributed by atoms with E-state index in [2.05, 4.69) is 46.8 Å². The van der Waals surface area contributed by atoms with Crippen molar-refractivity contribution in [1.82, 2.24) is 0 Å². The molecule has 0 radical (unpaired) electrons. The molecule has 0 aliphatic heterocycles. The third kappa shape index (κ3) is 3.17. The maximum atomic E-state index is 10.2. The number of hydrogen-bond acceptors (Lipinski definition) is 1. The van der Waals surface area contributed by atoms with Gasteiger partial charge in [0.25, 0.3) is 0 Å². The van der Waals surface area contributed by atoms with Gasteiger partial charge in [-0.1, -0.05) is 44.1 Å². The second kappa shape index (κ2) is 7.05. The number of fused-ring (bicyclic) bond motifs is 5. The fourth-order valence-electron chi connectivity index (χ4n) is 8.20. The standard InChI is InChI=1S/C26H42O/c1-17(2)6-7-18(3)22-10-11-23-21-9-8-19-16-20(27)12-14-25(19,4)24(21)13-15-26(22,23)5/h6,8,18,20-24,27H,7,9-16H2,1-5H3/t18-,20+,21+,22-,23+,24+,25+,26-/m1/s1. The second-order valence-corrected chi connectivity index (χ2v) is 11.4. The Bertz CT molecular complexity index is 626. The van der Waals surface area contributed by atoms with Crippen LogP contribution in [0.1, 0.15) is 92.4 Å². The van der Waals surface area contributed by atoms with Gasteiger partial charge in [0.05, 0.1) is 6.10 Å². The zero-order chi connectivity index (χ0) is 19.4. The lowest BCUT2D eigenvalue weighted by molar-refractivity contribution is -0.0565. The van der Waals surface area contributed by atoms with Gasteiger partial charge in [-0.3, -0.25) is 0 Å². The third-order valence-corrected chi connectivity index (χ3v) is 9.74. The van der Waals surface area contributed by atoms with Crippen LogP contribution in [0.4, 0.5) is 0 Å². The number of allylic oxidation sites excluding steroid dienone is 3. The predicted octanol–water partition coefficient (Wildman–Crippen LogP) is 6.92. The molecule has 152 valence electrons. The average molecular weight is 371 g/mol. The van der Waals surface area contributed by atoms with Gasteiger partial charge < -0.3 is 5.11 Å². The van der Waals surface area contributed by atoms with Crippen LogP contribution in [-0.4, -0.2) is 11.2 Å². The van der Waals surface area contributed by atoms with Crippen molar-refractivity contribution in [2.75, 3.05) is 0 Å². The van der Waals surface area contributed by atoms with Crippen LogP contribution in [-0.2, 0) is 0 Å². The third-order valence-electron chi connectivity index (χ3n) is 9.74. The monoisotopic (exact) mass is 370 g/mol. The van der Waals surface area contributed by atoms with Crippen LogP contribution in [0.2, 0.25) is 0 Å². The summed E-state index contributed by atoms with van der Waals surface area (Å²) in [5.41, 5.74) is 4.03. The van der Waals surface area contributed by atoms with Crippen LogP contribution < -0.4 is 0 Å². The molecule has 1 heteroatoms. The summed E-state index contributed by atoms with van der Waals surface area (Å²) < 4.78 is 0. The summed E-state index contributed by atoms with van der Waals surface area (Å²) in [4.78, 5) is 0. The first-order valence-electron chi connectivity index (χ1n) is 11.8. The van der Waals surface area contributed by atoms with E-state index in [0.717, 1.165) is 42.4 Å². The fourth-order valence-corrected chi connectivity index (χ4v) is 8.20. The van der Waals surface area contributed by atoms with E-state index < -0.39 is 0 Å². The molecule has 3 fully saturated rings. The van der Waals surface area contributed by atoms with E-state index in [1.54, 1.807) is 5.57 Å². The minimum Gasteiger partial charge on any atom is -0.393 e. The molecule has 1 N–H and O–H groups in total.